The molecule has 0 aliphatic carbocycles. The molecule has 2 rings (SSSR count). The lowest BCUT2D eigenvalue weighted by atomic mass is 10.3. The van der Waals surface area contributed by atoms with E-state index in [2.05, 4.69) is 28.3 Å². The van der Waals surface area contributed by atoms with Crippen LogP contribution >= 0.6 is 11.8 Å². The van der Waals surface area contributed by atoms with Crippen LogP contribution in [0.25, 0.3) is 11.0 Å². The van der Waals surface area contributed by atoms with Gasteiger partial charge in [-0.3, -0.25) is 0 Å². The van der Waals surface area contributed by atoms with E-state index >= 15 is 0 Å². The molecule has 0 aliphatic rings. The highest BCUT2D eigenvalue weighted by molar-refractivity contribution is 7.99. The number of aromatic amines is 1. The van der Waals surface area contributed by atoms with Crippen LogP contribution in [0, 0.1) is 0 Å². The third kappa shape index (κ3) is 4.81. The van der Waals surface area contributed by atoms with Crippen molar-refractivity contribution in [3.63, 3.8) is 0 Å². The second-order valence-corrected chi connectivity index (χ2v) is 6.17. The van der Waals surface area contributed by atoms with Crippen molar-refractivity contribution in [3.8, 4) is 0 Å². The number of para-hydroxylation sites is 2. The van der Waals surface area contributed by atoms with Gasteiger partial charge in [0.05, 0.1) is 11.0 Å². The standard InChI is InChI=1S/C15H23N3OS/c1-3-19-10-6-9-16-11-12(2)20-15-17-13-7-4-5-8-14(13)18-15/h4-5,7-8,12,16H,3,6,9-11H2,1-2H3,(H,17,18). The number of thioether (sulfide) groups is 1. The summed E-state index contributed by atoms with van der Waals surface area (Å²) in [5, 5.41) is 4.94. The molecule has 0 saturated carbocycles. The maximum atomic E-state index is 5.31. The van der Waals surface area contributed by atoms with E-state index < -0.39 is 0 Å². The summed E-state index contributed by atoms with van der Waals surface area (Å²) in [4.78, 5) is 7.93. The maximum Gasteiger partial charge on any atom is 0.166 e. The number of H-pyrrole nitrogens is 1. The highest BCUT2D eigenvalue weighted by Gasteiger charge is 2.08. The summed E-state index contributed by atoms with van der Waals surface area (Å²) in [6.07, 6.45) is 1.07. The Morgan fingerprint density at radius 1 is 1.40 bits per heavy atom. The topological polar surface area (TPSA) is 49.9 Å². The first-order chi connectivity index (χ1) is 9.79. The van der Waals surface area contributed by atoms with E-state index in [9.17, 15) is 0 Å². The quantitative estimate of drug-likeness (QED) is 0.551. The lowest BCUT2D eigenvalue weighted by molar-refractivity contribution is 0.145. The van der Waals surface area contributed by atoms with Gasteiger partial charge in [-0.15, -0.1) is 0 Å². The van der Waals surface area contributed by atoms with Gasteiger partial charge in [0.2, 0.25) is 0 Å². The Kier molecular flexibility index (Phi) is 6.36. The average molecular weight is 293 g/mol. The van der Waals surface area contributed by atoms with Gasteiger partial charge in [0.1, 0.15) is 0 Å². The van der Waals surface area contributed by atoms with E-state index in [1.165, 1.54) is 0 Å². The zero-order valence-electron chi connectivity index (χ0n) is 12.2. The Morgan fingerprint density at radius 2 is 2.25 bits per heavy atom. The largest absolute Gasteiger partial charge is 0.382 e. The third-order valence-electron chi connectivity index (χ3n) is 2.96. The van der Waals surface area contributed by atoms with Crippen LogP contribution in [0.2, 0.25) is 0 Å². The molecule has 110 valence electrons. The van der Waals surface area contributed by atoms with Crippen LogP contribution in [-0.4, -0.2) is 41.5 Å². The number of hydrogen-bond acceptors (Lipinski definition) is 4. The molecule has 0 aliphatic heterocycles. The molecule has 1 aromatic heterocycles. The molecule has 0 saturated heterocycles. The van der Waals surface area contributed by atoms with Crippen LogP contribution in [0.4, 0.5) is 0 Å². The van der Waals surface area contributed by atoms with Crippen molar-refractivity contribution >= 4 is 22.8 Å². The molecule has 1 aromatic carbocycles. The highest BCUT2D eigenvalue weighted by Crippen LogP contribution is 2.22. The molecule has 5 heteroatoms. The summed E-state index contributed by atoms with van der Waals surface area (Å²) in [6.45, 7) is 7.87. The van der Waals surface area contributed by atoms with Crippen molar-refractivity contribution in [2.75, 3.05) is 26.3 Å². The lowest BCUT2D eigenvalue weighted by Crippen LogP contribution is -2.24. The van der Waals surface area contributed by atoms with Crippen LogP contribution in [-0.2, 0) is 4.74 Å². The first-order valence-corrected chi connectivity index (χ1v) is 8.07. The van der Waals surface area contributed by atoms with Crippen LogP contribution < -0.4 is 5.32 Å². The van der Waals surface area contributed by atoms with Crippen molar-refractivity contribution in [1.29, 1.82) is 0 Å². The molecular formula is C15H23N3OS. The molecule has 0 radical (unpaired) electrons. The minimum Gasteiger partial charge on any atom is -0.382 e. The van der Waals surface area contributed by atoms with Gasteiger partial charge in [-0.25, -0.2) is 4.98 Å². The smallest absolute Gasteiger partial charge is 0.166 e. The number of nitrogens with zero attached hydrogens (tertiary/aromatic N) is 1. The molecule has 0 amide bonds. The number of benzene rings is 1. The Labute approximate surface area is 124 Å². The number of nitrogens with one attached hydrogen (secondary N) is 2. The number of hydrogen-bond donors (Lipinski definition) is 2. The number of ether oxygens (including phenoxy) is 1. The predicted octanol–water partition coefficient (Wildman–Crippen LogP) is 3.06. The minimum absolute atomic E-state index is 0.489. The number of aromatic nitrogens is 2. The first kappa shape index (κ1) is 15.4. The fraction of sp³-hybridized carbons (Fsp3) is 0.533. The van der Waals surface area contributed by atoms with Crippen molar-refractivity contribution in [3.05, 3.63) is 24.3 Å². The SMILES string of the molecule is CCOCCCNCC(C)Sc1nc2ccccc2[nH]1. The Bertz CT molecular complexity index is 482. The highest BCUT2D eigenvalue weighted by atomic mass is 32.2. The van der Waals surface area contributed by atoms with E-state index in [-0.39, 0.29) is 0 Å². The van der Waals surface area contributed by atoms with Crippen LogP contribution in [0.1, 0.15) is 20.3 Å². The predicted molar refractivity (Wildman–Crippen MR) is 85.4 cm³/mol. The van der Waals surface area contributed by atoms with E-state index in [4.69, 9.17) is 4.74 Å². The van der Waals surface area contributed by atoms with Gasteiger partial charge in [0.25, 0.3) is 0 Å². The normalized spacial score (nSPS) is 12.9. The summed E-state index contributed by atoms with van der Waals surface area (Å²) in [5.41, 5.74) is 2.14. The van der Waals surface area contributed by atoms with E-state index in [1.54, 1.807) is 11.8 Å². The summed E-state index contributed by atoms with van der Waals surface area (Å²) in [5.74, 6) is 0. The molecule has 1 unspecified atom stereocenters. The molecule has 1 atom stereocenters. The Balaban J connectivity index is 1.70. The van der Waals surface area contributed by atoms with Gasteiger partial charge in [0, 0.05) is 25.0 Å². The van der Waals surface area contributed by atoms with Crippen LogP contribution in [0.15, 0.2) is 29.4 Å². The van der Waals surface area contributed by atoms with Crippen molar-refractivity contribution in [1.82, 2.24) is 15.3 Å². The first-order valence-electron chi connectivity index (χ1n) is 7.19. The molecular weight excluding hydrogens is 270 g/mol. The van der Waals surface area contributed by atoms with Crippen molar-refractivity contribution < 1.29 is 4.74 Å². The number of rotatable bonds is 9. The lowest BCUT2D eigenvalue weighted by Gasteiger charge is -2.10. The van der Waals surface area contributed by atoms with Gasteiger partial charge >= 0.3 is 0 Å². The molecule has 2 N–H and O–H groups in total. The van der Waals surface area contributed by atoms with Crippen LogP contribution in [0.5, 0.6) is 0 Å². The third-order valence-corrected chi connectivity index (χ3v) is 3.94. The number of fused-ring (bicyclic) bond motifs is 1. The molecule has 0 fully saturated rings. The van der Waals surface area contributed by atoms with Gasteiger partial charge in [-0.2, -0.15) is 0 Å². The van der Waals surface area contributed by atoms with E-state index in [1.807, 2.05) is 25.1 Å². The monoisotopic (exact) mass is 293 g/mol. The average Bonchev–Trinajstić information content (AvgIpc) is 2.84. The number of imidazole rings is 1. The minimum atomic E-state index is 0.489. The second kappa shape index (κ2) is 8.29. The summed E-state index contributed by atoms with van der Waals surface area (Å²) < 4.78 is 5.31. The van der Waals surface area contributed by atoms with Crippen molar-refractivity contribution in [2.45, 2.75) is 30.7 Å². The maximum absolute atomic E-state index is 5.31. The van der Waals surface area contributed by atoms with Gasteiger partial charge in [-0.1, -0.05) is 30.8 Å². The molecule has 4 nitrogen and oxygen atoms in total. The van der Waals surface area contributed by atoms with Gasteiger partial charge < -0.3 is 15.0 Å². The fourth-order valence-corrected chi connectivity index (χ4v) is 2.87. The molecule has 0 spiro atoms. The second-order valence-electron chi connectivity index (χ2n) is 4.74. The summed E-state index contributed by atoms with van der Waals surface area (Å²) >= 11 is 1.78. The van der Waals surface area contributed by atoms with Crippen LogP contribution in [0.3, 0.4) is 0 Å². The van der Waals surface area contributed by atoms with E-state index in [0.29, 0.717) is 5.25 Å². The summed E-state index contributed by atoms with van der Waals surface area (Å²) in [7, 11) is 0. The Morgan fingerprint density at radius 3 is 3.05 bits per heavy atom. The molecule has 20 heavy (non-hydrogen) atoms. The summed E-state index contributed by atoms with van der Waals surface area (Å²) in [6, 6.07) is 8.13. The Hall–Kier alpha value is -1.04. The molecule has 2 aromatic rings. The molecule has 1 heterocycles. The zero-order chi connectivity index (χ0) is 14.2. The fourth-order valence-electron chi connectivity index (χ4n) is 1.97. The van der Waals surface area contributed by atoms with Gasteiger partial charge in [-0.05, 0) is 32.0 Å². The van der Waals surface area contributed by atoms with Gasteiger partial charge in [0.15, 0.2) is 5.16 Å². The van der Waals surface area contributed by atoms with Crippen molar-refractivity contribution in [2.24, 2.45) is 0 Å². The zero-order valence-corrected chi connectivity index (χ0v) is 13.0. The van der Waals surface area contributed by atoms with E-state index in [0.717, 1.165) is 48.9 Å². The molecule has 0 bridgehead atoms.